The number of rotatable bonds is 4. The summed E-state index contributed by atoms with van der Waals surface area (Å²) >= 11 is 0. The average molecular weight is 495 g/mol. The van der Waals surface area contributed by atoms with Gasteiger partial charge < -0.3 is 0 Å². The minimum atomic E-state index is -1.45. The summed E-state index contributed by atoms with van der Waals surface area (Å²) in [6.07, 6.45) is 39.3. The highest BCUT2D eigenvalue weighted by molar-refractivity contribution is 6.85. The third kappa shape index (κ3) is 4.00. The van der Waals surface area contributed by atoms with Crippen LogP contribution in [0.5, 0.6) is 0 Å². The fraction of sp³-hybridized carbons (Fsp3) is 1.00. The number of fused-ring (bicyclic) bond motifs is 4. The Morgan fingerprint density at radius 2 is 0.743 bits per heavy atom. The second-order valence-corrected chi connectivity index (χ2v) is 20.4. The van der Waals surface area contributed by atoms with Crippen LogP contribution in [0.15, 0.2) is 0 Å². The molecule has 7 rings (SSSR count). The quantitative estimate of drug-likeness (QED) is 0.341. The van der Waals surface area contributed by atoms with Crippen LogP contribution in [0, 0.1) is 35.5 Å². The van der Waals surface area contributed by atoms with Crippen LogP contribution in [-0.4, -0.2) is 8.07 Å². The predicted octanol–water partition coefficient (Wildman–Crippen LogP) is 11.1. The van der Waals surface area contributed by atoms with Gasteiger partial charge in [0.2, 0.25) is 0 Å². The van der Waals surface area contributed by atoms with Gasteiger partial charge in [0.15, 0.2) is 0 Å². The Morgan fingerprint density at radius 3 is 1.29 bits per heavy atom. The molecule has 0 spiro atoms. The lowest BCUT2D eigenvalue weighted by atomic mass is 9.73. The van der Waals surface area contributed by atoms with E-state index in [-0.39, 0.29) is 0 Å². The van der Waals surface area contributed by atoms with Crippen LogP contribution in [0.1, 0.15) is 154 Å². The van der Waals surface area contributed by atoms with E-state index in [2.05, 4.69) is 0 Å². The highest BCUT2D eigenvalue weighted by atomic mass is 28.3. The SMILES string of the molecule is C1CCC([Si](C2CCCCC2)(C2CCC3CCCCC32)C2C3CCCCC3C3CCCCC32)CC1. The van der Waals surface area contributed by atoms with Crippen molar-refractivity contribution in [1.82, 2.24) is 0 Å². The molecule has 7 saturated carbocycles. The molecule has 7 unspecified atom stereocenters. The molecule has 0 aromatic heterocycles. The Bertz CT molecular complexity index is 661. The lowest BCUT2D eigenvalue weighted by Gasteiger charge is -2.60. The Morgan fingerprint density at radius 1 is 0.314 bits per heavy atom. The summed E-state index contributed by atoms with van der Waals surface area (Å²) < 4.78 is 0. The molecule has 0 saturated heterocycles. The minimum Gasteiger partial charge on any atom is -0.0533 e. The smallest absolute Gasteiger partial charge is 0.0533 e. The molecule has 0 nitrogen and oxygen atoms in total. The molecule has 7 fully saturated rings. The van der Waals surface area contributed by atoms with E-state index in [1.807, 2.05) is 0 Å². The largest absolute Gasteiger partial charge is 0.0668 e. The van der Waals surface area contributed by atoms with Gasteiger partial charge in [-0.05, 0) is 70.5 Å². The highest BCUT2D eigenvalue weighted by Crippen LogP contribution is 2.73. The van der Waals surface area contributed by atoms with Gasteiger partial charge in [0.05, 0.1) is 8.07 Å². The van der Waals surface area contributed by atoms with Crippen LogP contribution < -0.4 is 0 Å². The molecule has 0 aliphatic heterocycles. The third-order valence-corrected chi connectivity index (χ3v) is 22.4. The van der Waals surface area contributed by atoms with E-state index in [0.717, 1.165) is 0 Å². The molecule has 1 heteroatoms. The van der Waals surface area contributed by atoms with Crippen LogP contribution in [0.3, 0.4) is 0 Å². The van der Waals surface area contributed by atoms with Gasteiger partial charge >= 0.3 is 0 Å². The Balaban J connectivity index is 1.38. The zero-order chi connectivity index (χ0) is 23.2. The zero-order valence-electron chi connectivity index (χ0n) is 23.2. The molecule has 0 heterocycles. The topological polar surface area (TPSA) is 0 Å². The summed E-state index contributed by atoms with van der Waals surface area (Å²) in [7, 11) is -1.45. The van der Waals surface area contributed by atoms with Crippen molar-refractivity contribution in [3.63, 3.8) is 0 Å². The summed E-state index contributed by atoms with van der Waals surface area (Å²) in [5.74, 6) is 7.14. The van der Waals surface area contributed by atoms with Crippen molar-refractivity contribution in [1.29, 1.82) is 0 Å². The van der Waals surface area contributed by atoms with Gasteiger partial charge in [-0.25, -0.2) is 0 Å². The maximum atomic E-state index is 1.72. The van der Waals surface area contributed by atoms with E-state index in [1.54, 1.807) is 154 Å². The summed E-state index contributed by atoms with van der Waals surface area (Å²) in [4.78, 5) is 0. The highest BCUT2D eigenvalue weighted by Gasteiger charge is 2.67. The Kier molecular flexibility index (Phi) is 7.22. The maximum Gasteiger partial charge on any atom is 0.0668 e. The van der Waals surface area contributed by atoms with Crippen LogP contribution in [0.2, 0.25) is 22.2 Å². The molecular weight excluding hydrogens is 436 g/mol. The fourth-order valence-electron chi connectivity index (χ4n) is 13.7. The van der Waals surface area contributed by atoms with Gasteiger partial charge in [-0.2, -0.15) is 0 Å². The molecule has 0 aromatic rings. The van der Waals surface area contributed by atoms with Crippen molar-refractivity contribution in [2.75, 3.05) is 0 Å². The van der Waals surface area contributed by atoms with Gasteiger partial charge in [-0.1, -0.05) is 141 Å². The van der Waals surface area contributed by atoms with E-state index < -0.39 is 8.07 Å². The monoisotopic (exact) mass is 494 g/mol. The van der Waals surface area contributed by atoms with Crippen molar-refractivity contribution in [3.05, 3.63) is 0 Å². The molecule has 0 aromatic carbocycles. The number of hydrogen-bond acceptors (Lipinski definition) is 0. The first-order chi connectivity index (χ1) is 17.4. The summed E-state index contributed by atoms with van der Waals surface area (Å²) in [6, 6.07) is 0. The first-order valence-electron chi connectivity index (χ1n) is 17.4. The van der Waals surface area contributed by atoms with Gasteiger partial charge in [0, 0.05) is 0 Å². The first-order valence-corrected chi connectivity index (χ1v) is 19.7. The van der Waals surface area contributed by atoms with Crippen molar-refractivity contribution in [3.8, 4) is 0 Å². The van der Waals surface area contributed by atoms with E-state index in [9.17, 15) is 0 Å². The molecule has 7 aliphatic rings. The summed E-state index contributed by atoms with van der Waals surface area (Å²) in [6.45, 7) is 0. The molecule has 0 N–H and O–H groups in total. The molecule has 7 aliphatic carbocycles. The Labute approximate surface area is 219 Å². The molecule has 7 atom stereocenters. The van der Waals surface area contributed by atoms with Crippen LogP contribution in [0.4, 0.5) is 0 Å². The molecule has 35 heavy (non-hydrogen) atoms. The fourth-order valence-corrected chi connectivity index (χ4v) is 24.1. The van der Waals surface area contributed by atoms with E-state index in [4.69, 9.17) is 0 Å². The second kappa shape index (κ2) is 10.4. The predicted molar refractivity (Wildman–Crippen MR) is 153 cm³/mol. The van der Waals surface area contributed by atoms with Crippen molar-refractivity contribution >= 4 is 8.07 Å². The molecule has 198 valence electrons. The summed E-state index contributed by atoms with van der Waals surface area (Å²) in [5.41, 5.74) is 5.05. The van der Waals surface area contributed by atoms with Crippen molar-refractivity contribution in [2.24, 2.45) is 35.5 Å². The van der Waals surface area contributed by atoms with E-state index in [1.165, 1.54) is 57.7 Å². The molecule has 0 radical (unpaired) electrons. The van der Waals surface area contributed by atoms with Gasteiger partial charge in [-0.15, -0.1) is 0 Å². The lowest BCUT2D eigenvalue weighted by molar-refractivity contribution is 0.184. The van der Waals surface area contributed by atoms with Gasteiger partial charge in [0.25, 0.3) is 0 Å². The zero-order valence-corrected chi connectivity index (χ0v) is 24.2. The lowest BCUT2D eigenvalue weighted by Crippen LogP contribution is -2.58. The third-order valence-electron chi connectivity index (χ3n) is 14.4. The second-order valence-electron chi connectivity index (χ2n) is 15.3. The first kappa shape index (κ1) is 24.3. The van der Waals surface area contributed by atoms with Gasteiger partial charge in [-0.3, -0.25) is 0 Å². The maximum absolute atomic E-state index is 1.72. The van der Waals surface area contributed by atoms with Crippen molar-refractivity contribution < 1.29 is 0 Å². The van der Waals surface area contributed by atoms with Crippen LogP contribution >= 0.6 is 0 Å². The molecular formula is C34H58Si. The average Bonchev–Trinajstić information content (AvgIpc) is 3.52. The van der Waals surface area contributed by atoms with Crippen LogP contribution in [-0.2, 0) is 0 Å². The minimum absolute atomic E-state index is 1.17. The Hall–Kier alpha value is 0.217. The van der Waals surface area contributed by atoms with E-state index >= 15 is 0 Å². The molecule has 0 amide bonds. The normalized spacial score (nSPS) is 45.6. The van der Waals surface area contributed by atoms with Crippen LogP contribution in [0.25, 0.3) is 0 Å². The van der Waals surface area contributed by atoms with E-state index in [0.29, 0.717) is 0 Å². The molecule has 0 bridgehead atoms. The summed E-state index contributed by atoms with van der Waals surface area (Å²) in [5, 5.41) is 0. The van der Waals surface area contributed by atoms with Crippen molar-refractivity contribution in [2.45, 2.75) is 176 Å². The number of hydrogen-bond donors (Lipinski definition) is 0. The standard InChI is InChI=1S/C34H58Si/c1-3-14-26(15-4-1)35(27-16-5-2-6-17-27,33-24-23-25-13-7-8-18-28(25)33)34-31-21-11-9-19-29(31)30-20-10-12-22-32(30)34/h25-34H,1-24H2. The van der Waals surface area contributed by atoms with Gasteiger partial charge in [0.1, 0.15) is 0 Å².